The number of carboxylic acid groups (broad SMARTS) is 1. The number of aromatic nitrogens is 2. The molecule has 108 valence electrons. The molecule has 10 heteroatoms. The van der Waals surface area contributed by atoms with E-state index in [1.807, 2.05) is 4.98 Å². The number of imidazole rings is 1. The van der Waals surface area contributed by atoms with Crippen LogP contribution in [0.15, 0.2) is 12.1 Å². The van der Waals surface area contributed by atoms with Crippen molar-refractivity contribution in [2.45, 2.75) is 12.4 Å². The highest BCUT2D eigenvalue weighted by Gasteiger charge is 2.39. The van der Waals surface area contributed by atoms with Crippen molar-refractivity contribution in [1.29, 1.82) is 0 Å². The molecule has 0 aliphatic carbocycles. The Hall–Kier alpha value is -2.26. The molecule has 0 radical (unpaired) electrons. The number of carbonyl (C=O) groups is 1. The molecule has 2 aromatic rings. The third-order valence-corrected chi connectivity index (χ3v) is 2.42. The van der Waals surface area contributed by atoms with Crippen LogP contribution < -0.4 is 0 Å². The summed E-state index contributed by atoms with van der Waals surface area (Å²) in [5.41, 5.74) is -4.71. The minimum absolute atomic E-state index is 0.102. The fourth-order valence-corrected chi connectivity index (χ4v) is 1.60. The third kappa shape index (κ3) is 2.40. The molecule has 4 nitrogen and oxygen atoms in total. The van der Waals surface area contributed by atoms with E-state index in [2.05, 4.69) is 4.98 Å². The van der Waals surface area contributed by atoms with Gasteiger partial charge in [0.2, 0.25) is 5.82 Å². The van der Waals surface area contributed by atoms with Crippen LogP contribution in [-0.2, 0) is 12.4 Å². The van der Waals surface area contributed by atoms with Gasteiger partial charge >= 0.3 is 18.3 Å². The number of halogens is 6. The normalized spacial score (nSPS) is 12.9. The maximum atomic E-state index is 12.7. The Balaban J connectivity index is 2.82. The van der Waals surface area contributed by atoms with Crippen LogP contribution >= 0.6 is 0 Å². The summed E-state index contributed by atoms with van der Waals surface area (Å²) >= 11 is 0. The van der Waals surface area contributed by atoms with Gasteiger partial charge in [-0.2, -0.15) is 26.3 Å². The highest BCUT2D eigenvalue weighted by molar-refractivity contribution is 5.90. The zero-order valence-corrected chi connectivity index (χ0v) is 9.23. The van der Waals surface area contributed by atoms with Gasteiger partial charge in [0.05, 0.1) is 16.6 Å². The van der Waals surface area contributed by atoms with Crippen molar-refractivity contribution in [3.63, 3.8) is 0 Å². The van der Waals surface area contributed by atoms with Crippen LogP contribution in [0, 0.1) is 0 Å². The smallest absolute Gasteiger partial charge is 0.418 e. The second-order valence-corrected chi connectivity index (χ2v) is 3.81. The Kier molecular flexibility index (Phi) is 2.91. The molecule has 0 fully saturated rings. The molecule has 2 N–H and O–H groups in total. The predicted molar refractivity (Wildman–Crippen MR) is 53.1 cm³/mol. The lowest BCUT2D eigenvalue weighted by Gasteiger charge is -2.11. The average molecular weight is 298 g/mol. The van der Waals surface area contributed by atoms with Crippen molar-refractivity contribution in [3.05, 3.63) is 29.1 Å². The molecule has 2 rings (SSSR count). The van der Waals surface area contributed by atoms with Crippen molar-refractivity contribution in [2.24, 2.45) is 0 Å². The molecular formula is C10H4F6N2O2. The van der Waals surface area contributed by atoms with E-state index in [-0.39, 0.29) is 6.07 Å². The van der Waals surface area contributed by atoms with Crippen LogP contribution in [-0.4, -0.2) is 21.0 Å². The summed E-state index contributed by atoms with van der Waals surface area (Å²) in [4.78, 5) is 15.7. The zero-order chi connectivity index (χ0) is 15.3. The lowest BCUT2D eigenvalue weighted by Crippen LogP contribution is -2.11. The number of aromatic carboxylic acids is 1. The van der Waals surface area contributed by atoms with Crippen LogP contribution in [0.4, 0.5) is 26.3 Å². The van der Waals surface area contributed by atoms with E-state index >= 15 is 0 Å². The fraction of sp³-hybridized carbons (Fsp3) is 0.200. The van der Waals surface area contributed by atoms with E-state index in [9.17, 15) is 31.1 Å². The molecule has 1 aromatic carbocycles. The predicted octanol–water partition coefficient (Wildman–Crippen LogP) is 3.30. The van der Waals surface area contributed by atoms with Crippen LogP contribution in [0.1, 0.15) is 21.7 Å². The monoisotopic (exact) mass is 298 g/mol. The van der Waals surface area contributed by atoms with E-state index in [4.69, 9.17) is 5.11 Å². The molecule has 0 aliphatic rings. The first-order chi connectivity index (χ1) is 9.00. The number of aromatic amines is 1. The van der Waals surface area contributed by atoms with E-state index in [0.29, 0.717) is 6.07 Å². The van der Waals surface area contributed by atoms with Crippen molar-refractivity contribution in [2.75, 3.05) is 0 Å². The number of benzene rings is 1. The first-order valence-corrected chi connectivity index (χ1v) is 4.91. The van der Waals surface area contributed by atoms with Gasteiger partial charge in [0.1, 0.15) is 5.52 Å². The second kappa shape index (κ2) is 4.12. The molecule has 0 spiro atoms. The Morgan fingerprint density at radius 1 is 1.10 bits per heavy atom. The number of rotatable bonds is 1. The third-order valence-electron chi connectivity index (χ3n) is 2.42. The molecule has 0 aliphatic heterocycles. The molecular weight excluding hydrogens is 294 g/mol. The van der Waals surface area contributed by atoms with E-state index in [1.165, 1.54) is 0 Å². The SMILES string of the molecule is O=C(O)c1nc2c(C(F)(F)F)cc(C(F)(F)F)cc2[nH]1. The number of hydrogen-bond acceptors (Lipinski definition) is 2. The Labute approximate surface area is 106 Å². The molecule has 0 atom stereocenters. The summed E-state index contributed by atoms with van der Waals surface area (Å²) in [6, 6.07) is 0.277. The van der Waals surface area contributed by atoms with Crippen LogP contribution in [0.25, 0.3) is 11.0 Å². The van der Waals surface area contributed by atoms with Crippen molar-refractivity contribution < 1.29 is 36.2 Å². The number of carboxylic acids is 1. The maximum absolute atomic E-state index is 12.7. The zero-order valence-electron chi connectivity index (χ0n) is 9.23. The Morgan fingerprint density at radius 2 is 1.70 bits per heavy atom. The highest BCUT2D eigenvalue weighted by atomic mass is 19.4. The maximum Gasteiger partial charge on any atom is 0.418 e. The van der Waals surface area contributed by atoms with Gasteiger partial charge in [-0.3, -0.25) is 0 Å². The first-order valence-electron chi connectivity index (χ1n) is 4.91. The lowest BCUT2D eigenvalue weighted by molar-refractivity contribution is -0.142. The van der Waals surface area contributed by atoms with Gasteiger partial charge < -0.3 is 10.1 Å². The van der Waals surface area contributed by atoms with Gasteiger partial charge in [0.25, 0.3) is 0 Å². The molecule has 0 unspecified atom stereocenters. The highest BCUT2D eigenvalue weighted by Crippen LogP contribution is 2.39. The van der Waals surface area contributed by atoms with Crippen LogP contribution in [0.2, 0.25) is 0 Å². The molecule has 0 amide bonds. The van der Waals surface area contributed by atoms with Crippen molar-refractivity contribution >= 4 is 17.0 Å². The number of nitrogens with one attached hydrogen (secondary N) is 1. The van der Waals surface area contributed by atoms with Gasteiger partial charge in [-0.05, 0) is 12.1 Å². The van der Waals surface area contributed by atoms with E-state index < -0.39 is 46.3 Å². The summed E-state index contributed by atoms with van der Waals surface area (Å²) in [7, 11) is 0. The molecule has 1 aromatic heterocycles. The fourth-order valence-electron chi connectivity index (χ4n) is 1.60. The summed E-state index contributed by atoms with van der Waals surface area (Å²) in [5.74, 6) is -2.55. The van der Waals surface area contributed by atoms with Gasteiger partial charge in [-0.1, -0.05) is 0 Å². The minimum Gasteiger partial charge on any atom is -0.475 e. The summed E-state index contributed by atoms with van der Waals surface area (Å²) < 4.78 is 75.8. The van der Waals surface area contributed by atoms with Gasteiger partial charge in [-0.25, -0.2) is 9.78 Å². The molecule has 0 bridgehead atoms. The van der Waals surface area contributed by atoms with Crippen LogP contribution in [0.3, 0.4) is 0 Å². The van der Waals surface area contributed by atoms with Crippen molar-refractivity contribution in [1.82, 2.24) is 9.97 Å². The second-order valence-electron chi connectivity index (χ2n) is 3.81. The Morgan fingerprint density at radius 3 is 2.15 bits per heavy atom. The van der Waals surface area contributed by atoms with Gasteiger partial charge in [-0.15, -0.1) is 0 Å². The summed E-state index contributed by atoms with van der Waals surface area (Å²) in [6.07, 6.45) is -10.1. The minimum atomic E-state index is -5.09. The summed E-state index contributed by atoms with van der Waals surface area (Å²) in [6.45, 7) is 0. The number of fused-ring (bicyclic) bond motifs is 1. The Bertz CT molecular complexity index is 685. The largest absolute Gasteiger partial charge is 0.475 e. The number of nitrogens with zero attached hydrogens (tertiary/aromatic N) is 1. The molecule has 0 saturated heterocycles. The summed E-state index contributed by atoms with van der Waals surface area (Å²) in [5, 5.41) is 8.61. The van der Waals surface area contributed by atoms with Crippen LogP contribution in [0.5, 0.6) is 0 Å². The number of H-pyrrole nitrogens is 1. The van der Waals surface area contributed by atoms with Gasteiger partial charge in [0.15, 0.2) is 0 Å². The topological polar surface area (TPSA) is 66.0 Å². The molecule has 20 heavy (non-hydrogen) atoms. The standard InChI is InChI=1S/C10H4F6N2O2/c11-9(12,13)3-1-4(10(14,15)16)6-5(2-3)17-7(18-6)8(19)20/h1-2H,(H,17,18)(H,19,20). The average Bonchev–Trinajstić information content (AvgIpc) is 2.68. The molecule has 0 saturated carbocycles. The molecule has 1 heterocycles. The quantitative estimate of drug-likeness (QED) is 0.794. The number of alkyl halides is 6. The first kappa shape index (κ1) is 14.2. The van der Waals surface area contributed by atoms with Crippen molar-refractivity contribution in [3.8, 4) is 0 Å². The lowest BCUT2D eigenvalue weighted by atomic mass is 10.1. The number of hydrogen-bond donors (Lipinski definition) is 2. The van der Waals surface area contributed by atoms with E-state index in [1.54, 1.807) is 0 Å². The van der Waals surface area contributed by atoms with E-state index in [0.717, 1.165) is 0 Å². The van der Waals surface area contributed by atoms with Gasteiger partial charge in [0, 0.05) is 0 Å².